The topological polar surface area (TPSA) is 84.4 Å². The van der Waals surface area contributed by atoms with Gasteiger partial charge in [-0.1, -0.05) is 6.92 Å². The molecule has 1 N–H and O–H groups in total. The highest BCUT2D eigenvalue weighted by molar-refractivity contribution is 7.92. The van der Waals surface area contributed by atoms with Crippen molar-refractivity contribution in [2.45, 2.75) is 43.2 Å². The molecule has 0 bridgehead atoms. The Morgan fingerprint density at radius 3 is 2.63 bits per heavy atom. The van der Waals surface area contributed by atoms with E-state index in [0.717, 1.165) is 37.2 Å². The number of halogens is 1. The van der Waals surface area contributed by atoms with Gasteiger partial charge in [-0.05, 0) is 56.0 Å². The van der Waals surface area contributed by atoms with Gasteiger partial charge in [-0.25, -0.2) is 17.8 Å². The lowest BCUT2D eigenvalue weighted by Crippen LogP contribution is -2.36. The molecular weight excluding hydrogens is 407 g/mol. The van der Waals surface area contributed by atoms with Crippen molar-refractivity contribution in [1.82, 2.24) is 14.9 Å². The first-order chi connectivity index (χ1) is 14.2. The first-order valence-corrected chi connectivity index (χ1v) is 11.6. The predicted octanol–water partition coefficient (Wildman–Crippen LogP) is 2.91. The second kappa shape index (κ2) is 7.77. The summed E-state index contributed by atoms with van der Waals surface area (Å²) < 4.78 is 48.5. The van der Waals surface area contributed by atoms with Crippen LogP contribution < -0.4 is 9.46 Å². The van der Waals surface area contributed by atoms with Gasteiger partial charge in [0.2, 0.25) is 5.88 Å². The standard InChI is InChI=1S/C21H27FN4O3S/c1-14-11-21(22,12-14)19-5-4-16(13-23-19)30(27,28)25-18-10-15-6-8-26(2)9-7-17(15)24-20(18)29-3/h4-5,10,13-14,25H,6-9,11-12H2,1-3H3/t14-,21+. The number of methoxy groups -OCH3 is 1. The summed E-state index contributed by atoms with van der Waals surface area (Å²) in [6.07, 6.45) is 3.60. The molecule has 2 aliphatic rings. The zero-order valence-corrected chi connectivity index (χ0v) is 18.3. The van der Waals surface area contributed by atoms with Crippen LogP contribution in [0.3, 0.4) is 0 Å². The highest BCUT2D eigenvalue weighted by Gasteiger charge is 2.45. The molecule has 0 amide bonds. The number of hydrogen-bond acceptors (Lipinski definition) is 6. The van der Waals surface area contributed by atoms with Gasteiger partial charge in [0, 0.05) is 31.4 Å². The Hall–Kier alpha value is -2.26. The molecular formula is C21H27FN4O3S. The van der Waals surface area contributed by atoms with E-state index in [2.05, 4.69) is 26.6 Å². The first-order valence-electron chi connectivity index (χ1n) is 10.1. The van der Waals surface area contributed by atoms with Crippen LogP contribution in [0.15, 0.2) is 29.3 Å². The van der Waals surface area contributed by atoms with Crippen molar-refractivity contribution in [1.29, 1.82) is 0 Å². The lowest BCUT2D eigenvalue weighted by Gasteiger charge is -2.39. The number of nitrogens with zero attached hydrogens (tertiary/aromatic N) is 3. The minimum Gasteiger partial charge on any atom is -0.479 e. The third-order valence-corrected chi connectivity index (χ3v) is 7.29. The minimum absolute atomic E-state index is 0.0287. The Morgan fingerprint density at radius 2 is 2.00 bits per heavy atom. The highest BCUT2D eigenvalue weighted by atomic mass is 32.2. The number of fused-ring (bicyclic) bond motifs is 1. The van der Waals surface area contributed by atoms with Gasteiger partial charge in [0.25, 0.3) is 10.0 Å². The van der Waals surface area contributed by atoms with Gasteiger partial charge < -0.3 is 9.64 Å². The van der Waals surface area contributed by atoms with Crippen molar-refractivity contribution >= 4 is 15.7 Å². The Morgan fingerprint density at radius 1 is 1.27 bits per heavy atom. The molecule has 0 unspecified atom stereocenters. The van der Waals surface area contributed by atoms with Crippen molar-refractivity contribution in [2.24, 2.45) is 5.92 Å². The molecule has 0 atom stereocenters. The van der Waals surface area contributed by atoms with Gasteiger partial charge in [0.1, 0.15) is 10.6 Å². The summed E-state index contributed by atoms with van der Waals surface area (Å²) in [5.74, 6) is 0.549. The molecule has 0 spiro atoms. The van der Waals surface area contributed by atoms with E-state index in [0.29, 0.717) is 24.4 Å². The number of ether oxygens (including phenoxy) is 1. The summed E-state index contributed by atoms with van der Waals surface area (Å²) in [5.41, 5.74) is 1.05. The van der Waals surface area contributed by atoms with E-state index in [1.165, 1.54) is 25.4 Å². The van der Waals surface area contributed by atoms with Crippen LogP contribution >= 0.6 is 0 Å². The number of likely N-dealkylation sites (N-methyl/N-ethyl adjacent to an activating group) is 1. The number of anilines is 1. The molecule has 7 nitrogen and oxygen atoms in total. The molecule has 162 valence electrons. The number of pyridine rings is 2. The molecule has 9 heteroatoms. The molecule has 2 aromatic rings. The quantitative estimate of drug-likeness (QED) is 0.779. The van der Waals surface area contributed by atoms with Gasteiger partial charge >= 0.3 is 0 Å². The fourth-order valence-corrected chi connectivity index (χ4v) is 5.21. The van der Waals surface area contributed by atoms with E-state index in [4.69, 9.17) is 4.74 Å². The number of nitrogens with one attached hydrogen (secondary N) is 1. The number of hydrogen-bond donors (Lipinski definition) is 1. The van der Waals surface area contributed by atoms with Crippen LogP contribution in [0, 0.1) is 5.92 Å². The van der Waals surface area contributed by atoms with Gasteiger partial charge in [-0.2, -0.15) is 0 Å². The van der Waals surface area contributed by atoms with Gasteiger partial charge in [-0.3, -0.25) is 9.71 Å². The average Bonchev–Trinajstić information content (AvgIpc) is 2.87. The fourth-order valence-electron chi connectivity index (χ4n) is 4.22. The van der Waals surface area contributed by atoms with Gasteiger partial charge in [0.15, 0.2) is 5.67 Å². The zero-order chi connectivity index (χ0) is 21.5. The summed E-state index contributed by atoms with van der Waals surface area (Å²) >= 11 is 0. The van der Waals surface area contributed by atoms with E-state index in [1.807, 2.05) is 6.92 Å². The number of rotatable bonds is 5. The summed E-state index contributed by atoms with van der Waals surface area (Å²) in [7, 11) is -0.404. The van der Waals surface area contributed by atoms with Crippen LogP contribution in [-0.2, 0) is 28.5 Å². The van der Waals surface area contributed by atoms with E-state index in [1.54, 1.807) is 6.07 Å². The van der Waals surface area contributed by atoms with E-state index < -0.39 is 15.7 Å². The molecule has 1 saturated carbocycles. The van der Waals surface area contributed by atoms with Crippen molar-refractivity contribution in [3.8, 4) is 5.88 Å². The number of aromatic nitrogens is 2. The maximum atomic E-state index is 14.7. The maximum absolute atomic E-state index is 14.7. The fraction of sp³-hybridized carbons (Fsp3) is 0.524. The second-order valence-electron chi connectivity index (χ2n) is 8.42. The predicted molar refractivity (Wildman–Crippen MR) is 112 cm³/mol. The second-order valence-corrected chi connectivity index (χ2v) is 10.1. The number of sulfonamides is 1. The molecule has 0 saturated heterocycles. The highest BCUT2D eigenvalue weighted by Crippen LogP contribution is 2.48. The third-order valence-electron chi connectivity index (χ3n) is 5.94. The van der Waals surface area contributed by atoms with Gasteiger partial charge in [0.05, 0.1) is 12.8 Å². The molecule has 0 radical (unpaired) electrons. The van der Waals surface area contributed by atoms with Gasteiger partial charge in [-0.15, -0.1) is 0 Å². The lowest BCUT2D eigenvalue weighted by molar-refractivity contribution is 0.00719. The molecule has 1 aliphatic carbocycles. The number of alkyl halides is 1. The van der Waals surface area contributed by atoms with E-state index in [9.17, 15) is 12.8 Å². The van der Waals surface area contributed by atoms with Crippen LogP contribution in [0.1, 0.15) is 36.7 Å². The molecule has 0 aromatic carbocycles. The van der Waals surface area contributed by atoms with Crippen molar-refractivity contribution in [2.75, 3.05) is 32.0 Å². The SMILES string of the molecule is COc1nc2c(cc1NS(=O)(=O)c1ccc([C@]3(F)C[C@@H](C)C3)nc1)CCN(C)CC2. The average molecular weight is 435 g/mol. The van der Waals surface area contributed by atoms with E-state index in [-0.39, 0.29) is 16.5 Å². The maximum Gasteiger partial charge on any atom is 0.263 e. The van der Waals surface area contributed by atoms with Crippen LogP contribution in [0.2, 0.25) is 0 Å². The summed E-state index contributed by atoms with van der Waals surface area (Å²) in [6.45, 7) is 3.75. The third kappa shape index (κ3) is 4.00. The smallest absolute Gasteiger partial charge is 0.263 e. The lowest BCUT2D eigenvalue weighted by atomic mass is 9.71. The first kappa shape index (κ1) is 21.0. The minimum atomic E-state index is -3.92. The summed E-state index contributed by atoms with van der Waals surface area (Å²) in [6, 6.07) is 4.65. The summed E-state index contributed by atoms with van der Waals surface area (Å²) in [4.78, 5) is 10.8. The molecule has 4 rings (SSSR count). The molecule has 30 heavy (non-hydrogen) atoms. The molecule has 3 heterocycles. The monoisotopic (exact) mass is 434 g/mol. The largest absolute Gasteiger partial charge is 0.479 e. The zero-order valence-electron chi connectivity index (χ0n) is 17.5. The van der Waals surface area contributed by atoms with Crippen LogP contribution in [-0.4, -0.2) is 50.5 Å². The normalized spacial score (nSPS) is 24.5. The van der Waals surface area contributed by atoms with E-state index >= 15 is 0 Å². The Balaban J connectivity index is 1.59. The molecule has 1 aliphatic heterocycles. The Kier molecular flexibility index (Phi) is 5.44. The Bertz CT molecular complexity index is 1040. The van der Waals surface area contributed by atoms with Crippen molar-refractivity contribution in [3.05, 3.63) is 41.3 Å². The van der Waals surface area contributed by atoms with Crippen molar-refractivity contribution in [3.63, 3.8) is 0 Å². The molecule has 1 fully saturated rings. The summed E-state index contributed by atoms with van der Waals surface area (Å²) in [5, 5.41) is 0. The Labute approximate surface area is 176 Å². The van der Waals surface area contributed by atoms with Crippen LogP contribution in [0.4, 0.5) is 10.1 Å². The van der Waals surface area contributed by atoms with Crippen LogP contribution in [0.5, 0.6) is 5.88 Å². The van der Waals surface area contributed by atoms with Crippen LogP contribution in [0.25, 0.3) is 0 Å². The van der Waals surface area contributed by atoms with Crippen molar-refractivity contribution < 1.29 is 17.5 Å². The molecule has 2 aromatic heterocycles.